The fourth-order valence-corrected chi connectivity index (χ4v) is 3.55. The Morgan fingerprint density at radius 3 is 2.63 bits per heavy atom. The second-order valence-corrected chi connectivity index (χ2v) is 7.02. The van der Waals surface area contributed by atoms with E-state index in [-0.39, 0.29) is 18.6 Å². The zero-order chi connectivity index (χ0) is 19.2. The largest absolute Gasteiger partial charge is 0.378 e. The Hall–Kier alpha value is -2.53. The molecular weight excluding hydrogens is 338 g/mol. The summed E-state index contributed by atoms with van der Waals surface area (Å²) in [7, 11) is 4.08. The molecule has 0 saturated carbocycles. The summed E-state index contributed by atoms with van der Waals surface area (Å²) in [6.07, 6.45) is 1.04. The van der Waals surface area contributed by atoms with E-state index < -0.39 is 0 Å². The Kier molecular flexibility index (Phi) is 6.35. The standard InChI is InChI=1S/C22H29N3O2/c1-4-27-16-22(26)23-15-21(18-9-11-19(12-10-18)24(2)3)25-14-13-17-7-5-6-8-20(17)25/h5-12,21H,4,13-16H2,1-3H3,(H,23,26)/t21-/m1/s1. The van der Waals surface area contributed by atoms with Crippen LogP contribution in [-0.4, -0.2) is 46.3 Å². The summed E-state index contributed by atoms with van der Waals surface area (Å²) in [4.78, 5) is 16.6. The molecule has 0 radical (unpaired) electrons. The number of nitrogens with zero attached hydrogens (tertiary/aromatic N) is 2. The molecule has 3 rings (SSSR count). The van der Waals surface area contributed by atoms with Gasteiger partial charge in [0.25, 0.3) is 0 Å². The maximum atomic E-state index is 12.1. The third-order valence-corrected chi connectivity index (χ3v) is 5.02. The van der Waals surface area contributed by atoms with Crippen molar-refractivity contribution in [2.24, 2.45) is 0 Å². The minimum atomic E-state index is -0.0701. The lowest BCUT2D eigenvalue weighted by Gasteiger charge is -2.31. The van der Waals surface area contributed by atoms with Crippen molar-refractivity contribution in [2.45, 2.75) is 19.4 Å². The Labute approximate surface area is 161 Å². The first-order chi connectivity index (χ1) is 13.1. The van der Waals surface area contributed by atoms with E-state index in [1.165, 1.54) is 22.5 Å². The molecule has 2 aromatic rings. The molecule has 2 aromatic carbocycles. The third-order valence-electron chi connectivity index (χ3n) is 5.02. The van der Waals surface area contributed by atoms with E-state index in [0.717, 1.165) is 13.0 Å². The first kappa shape index (κ1) is 19.2. The number of hydrogen-bond donors (Lipinski definition) is 1. The highest BCUT2D eigenvalue weighted by molar-refractivity contribution is 5.77. The van der Waals surface area contributed by atoms with Crippen LogP contribution in [0.2, 0.25) is 0 Å². The zero-order valence-electron chi connectivity index (χ0n) is 16.4. The molecule has 0 saturated heterocycles. The van der Waals surface area contributed by atoms with Crippen LogP contribution in [0.15, 0.2) is 48.5 Å². The predicted molar refractivity (Wildman–Crippen MR) is 111 cm³/mol. The summed E-state index contributed by atoms with van der Waals surface area (Å²) < 4.78 is 5.23. The monoisotopic (exact) mass is 367 g/mol. The van der Waals surface area contributed by atoms with Crippen LogP contribution in [0.4, 0.5) is 11.4 Å². The van der Waals surface area contributed by atoms with Crippen LogP contribution < -0.4 is 15.1 Å². The Morgan fingerprint density at radius 2 is 1.93 bits per heavy atom. The van der Waals surface area contributed by atoms with Gasteiger partial charge >= 0.3 is 0 Å². The van der Waals surface area contributed by atoms with Crippen LogP contribution in [-0.2, 0) is 16.0 Å². The highest BCUT2D eigenvalue weighted by Crippen LogP contribution is 2.35. The molecule has 1 aliphatic heterocycles. The van der Waals surface area contributed by atoms with Crippen LogP contribution in [0.25, 0.3) is 0 Å². The van der Waals surface area contributed by atoms with Gasteiger partial charge < -0.3 is 19.9 Å². The molecule has 1 amide bonds. The van der Waals surface area contributed by atoms with Gasteiger partial charge in [-0.2, -0.15) is 0 Å². The van der Waals surface area contributed by atoms with Gasteiger partial charge in [-0.15, -0.1) is 0 Å². The highest BCUT2D eigenvalue weighted by Gasteiger charge is 2.27. The maximum Gasteiger partial charge on any atom is 0.246 e. The minimum absolute atomic E-state index is 0.0701. The molecule has 1 heterocycles. The van der Waals surface area contributed by atoms with E-state index in [1.54, 1.807) is 0 Å². The molecule has 0 aromatic heterocycles. The summed E-state index contributed by atoms with van der Waals surface area (Å²) in [6.45, 7) is 4.06. The smallest absolute Gasteiger partial charge is 0.246 e. The van der Waals surface area contributed by atoms with Gasteiger partial charge in [0, 0.05) is 45.2 Å². The van der Waals surface area contributed by atoms with Gasteiger partial charge in [0.05, 0.1) is 6.04 Å². The van der Waals surface area contributed by atoms with Gasteiger partial charge in [0.1, 0.15) is 6.61 Å². The fraction of sp³-hybridized carbons (Fsp3) is 0.409. The molecule has 27 heavy (non-hydrogen) atoms. The molecule has 5 heteroatoms. The number of nitrogens with one attached hydrogen (secondary N) is 1. The number of ether oxygens (including phenoxy) is 1. The average molecular weight is 367 g/mol. The second-order valence-electron chi connectivity index (χ2n) is 7.02. The lowest BCUT2D eigenvalue weighted by Crippen LogP contribution is -2.38. The highest BCUT2D eigenvalue weighted by atomic mass is 16.5. The SMILES string of the molecule is CCOCC(=O)NC[C@H](c1ccc(N(C)C)cc1)N1CCc2ccccc21. The first-order valence-corrected chi connectivity index (χ1v) is 9.56. The molecule has 144 valence electrons. The lowest BCUT2D eigenvalue weighted by atomic mass is 10.0. The van der Waals surface area contributed by atoms with Crippen LogP contribution in [0.5, 0.6) is 0 Å². The first-order valence-electron chi connectivity index (χ1n) is 9.56. The van der Waals surface area contributed by atoms with Gasteiger partial charge in [-0.1, -0.05) is 30.3 Å². The van der Waals surface area contributed by atoms with Gasteiger partial charge in [-0.25, -0.2) is 0 Å². The fourth-order valence-electron chi connectivity index (χ4n) is 3.55. The number of amides is 1. The Morgan fingerprint density at radius 1 is 1.19 bits per heavy atom. The molecule has 0 fully saturated rings. The maximum absolute atomic E-state index is 12.1. The topological polar surface area (TPSA) is 44.8 Å². The van der Waals surface area contributed by atoms with E-state index >= 15 is 0 Å². The molecule has 1 atom stereocenters. The van der Waals surface area contributed by atoms with Gasteiger partial charge in [0.2, 0.25) is 5.91 Å². The number of carbonyl (C=O) groups is 1. The number of anilines is 2. The minimum Gasteiger partial charge on any atom is -0.378 e. The van der Waals surface area contributed by atoms with E-state index in [0.29, 0.717) is 13.2 Å². The second kappa shape index (κ2) is 8.91. The average Bonchev–Trinajstić information content (AvgIpc) is 3.11. The summed E-state index contributed by atoms with van der Waals surface area (Å²) >= 11 is 0. The normalized spacial score (nSPS) is 14.0. The van der Waals surface area contributed by atoms with Crippen LogP contribution in [0, 0.1) is 0 Å². The van der Waals surface area contributed by atoms with E-state index in [4.69, 9.17) is 4.74 Å². The van der Waals surface area contributed by atoms with E-state index in [2.05, 4.69) is 63.6 Å². The Bertz CT molecular complexity index is 758. The van der Waals surface area contributed by atoms with Crippen LogP contribution in [0.1, 0.15) is 24.1 Å². The van der Waals surface area contributed by atoms with Crippen molar-refractivity contribution in [3.63, 3.8) is 0 Å². The molecule has 0 aliphatic carbocycles. The number of hydrogen-bond acceptors (Lipinski definition) is 4. The predicted octanol–water partition coefficient (Wildman–Crippen LogP) is 3.01. The molecule has 5 nitrogen and oxygen atoms in total. The number of carbonyl (C=O) groups excluding carboxylic acids is 1. The van der Waals surface area contributed by atoms with Crippen molar-refractivity contribution in [1.82, 2.24) is 5.32 Å². The Balaban J connectivity index is 1.82. The molecule has 0 unspecified atom stereocenters. The van der Waals surface area contributed by atoms with Crippen LogP contribution >= 0.6 is 0 Å². The number of benzene rings is 2. The van der Waals surface area contributed by atoms with Crippen molar-refractivity contribution < 1.29 is 9.53 Å². The van der Waals surface area contributed by atoms with Gasteiger partial charge in [-0.05, 0) is 42.7 Å². The number of para-hydroxylation sites is 1. The van der Waals surface area contributed by atoms with Crippen molar-refractivity contribution in [1.29, 1.82) is 0 Å². The lowest BCUT2D eigenvalue weighted by molar-refractivity contribution is -0.125. The van der Waals surface area contributed by atoms with E-state index in [1.807, 2.05) is 21.0 Å². The molecule has 1 N–H and O–H groups in total. The summed E-state index contributed by atoms with van der Waals surface area (Å²) in [5.74, 6) is -0.0701. The molecule has 0 spiro atoms. The molecular formula is C22H29N3O2. The van der Waals surface area contributed by atoms with Crippen molar-refractivity contribution in [2.75, 3.05) is 50.2 Å². The van der Waals surface area contributed by atoms with Gasteiger partial charge in [0.15, 0.2) is 0 Å². The summed E-state index contributed by atoms with van der Waals surface area (Å²) in [5, 5.41) is 3.05. The van der Waals surface area contributed by atoms with Crippen molar-refractivity contribution >= 4 is 17.3 Å². The quantitative estimate of drug-likeness (QED) is 0.779. The van der Waals surface area contributed by atoms with Crippen molar-refractivity contribution in [3.05, 3.63) is 59.7 Å². The van der Waals surface area contributed by atoms with Crippen molar-refractivity contribution in [3.8, 4) is 0 Å². The van der Waals surface area contributed by atoms with Crippen LogP contribution in [0.3, 0.4) is 0 Å². The summed E-state index contributed by atoms with van der Waals surface area (Å²) in [5.41, 5.74) is 5.00. The van der Waals surface area contributed by atoms with E-state index in [9.17, 15) is 4.79 Å². The zero-order valence-corrected chi connectivity index (χ0v) is 16.4. The molecule has 0 bridgehead atoms. The number of fused-ring (bicyclic) bond motifs is 1. The summed E-state index contributed by atoms with van der Waals surface area (Å²) in [6, 6.07) is 17.2. The van der Waals surface area contributed by atoms with Gasteiger partial charge in [-0.3, -0.25) is 4.79 Å². The molecule has 1 aliphatic rings. The third kappa shape index (κ3) is 4.61. The number of rotatable bonds is 8.